The number of fused-ring (bicyclic) bond motifs is 1. The second-order valence-corrected chi connectivity index (χ2v) is 9.27. The van der Waals surface area contributed by atoms with Gasteiger partial charge in [0.1, 0.15) is 6.04 Å². The van der Waals surface area contributed by atoms with Crippen LogP contribution in [0.5, 0.6) is 0 Å². The molecule has 1 fully saturated rings. The summed E-state index contributed by atoms with van der Waals surface area (Å²) in [5, 5.41) is 4.14. The average Bonchev–Trinajstić information content (AvgIpc) is 3.54. The molecule has 0 aliphatic carbocycles. The first-order valence-electron chi connectivity index (χ1n) is 12.3. The van der Waals surface area contributed by atoms with Crippen LogP contribution in [0.15, 0.2) is 83.4 Å². The molecule has 8 nitrogen and oxygen atoms in total. The summed E-state index contributed by atoms with van der Waals surface area (Å²) in [5.41, 5.74) is 2.87. The largest absolute Gasteiger partial charge is 0.337 e. The minimum atomic E-state index is -0.320. The lowest BCUT2D eigenvalue weighted by atomic mass is 10.00. The van der Waals surface area contributed by atoms with Crippen molar-refractivity contribution in [3.63, 3.8) is 0 Å². The van der Waals surface area contributed by atoms with Crippen molar-refractivity contribution in [3.8, 4) is 11.4 Å². The van der Waals surface area contributed by atoms with Crippen LogP contribution in [-0.4, -0.2) is 44.2 Å². The molecule has 0 N–H and O–H groups in total. The van der Waals surface area contributed by atoms with Gasteiger partial charge in [0.2, 0.25) is 11.7 Å². The van der Waals surface area contributed by atoms with Crippen molar-refractivity contribution < 1.29 is 18.9 Å². The molecule has 0 saturated carbocycles. The van der Waals surface area contributed by atoms with Crippen LogP contribution in [0.3, 0.4) is 0 Å². The van der Waals surface area contributed by atoms with Gasteiger partial charge in [-0.15, -0.1) is 0 Å². The third kappa shape index (κ3) is 4.20. The Morgan fingerprint density at radius 3 is 2.38 bits per heavy atom. The number of rotatable bonds is 5. The summed E-state index contributed by atoms with van der Waals surface area (Å²) in [6.45, 7) is 0.677. The lowest BCUT2D eigenvalue weighted by Crippen LogP contribution is -2.38. The van der Waals surface area contributed by atoms with E-state index in [1.165, 1.54) is 4.90 Å². The molecule has 1 atom stereocenters. The normalized spacial score (nSPS) is 17.2. The summed E-state index contributed by atoms with van der Waals surface area (Å²) < 4.78 is 5.60. The predicted molar refractivity (Wildman–Crippen MR) is 134 cm³/mol. The Morgan fingerprint density at radius 1 is 0.892 bits per heavy atom. The lowest BCUT2D eigenvalue weighted by molar-refractivity contribution is 0.0561. The number of carbonyl (C=O) groups is 3. The number of nitrogens with zero attached hydrogens (tertiary/aromatic N) is 4. The molecular formula is C29H24N4O4. The number of benzene rings is 3. The highest BCUT2D eigenvalue weighted by Crippen LogP contribution is 2.33. The van der Waals surface area contributed by atoms with Gasteiger partial charge >= 0.3 is 0 Å². The second-order valence-electron chi connectivity index (χ2n) is 9.27. The highest BCUT2D eigenvalue weighted by atomic mass is 16.5. The molecule has 0 radical (unpaired) electrons. The van der Waals surface area contributed by atoms with Crippen LogP contribution in [0.4, 0.5) is 0 Å². The molecule has 184 valence electrons. The number of hydrogen-bond acceptors (Lipinski definition) is 6. The maximum Gasteiger partial charge on any atom is 0.261 e. The SMILES string of the molecule is O=C1c2ccccc2C(=O)N1Cc1cccc(C(=O)N2CCCCC2c2nc(-c3ccccc3)no2)c1. The van der Waals surface area contributed by atoms with E-state index in [0.29, 0.717) is 40.5 Å². The molecule has 3 aromatic carbocycles. The predicted octanol–water partition coefficient (Wildman–Crippen LogP) is 4.90. The van der Waals surface area contributed by atoms with Crippen LogP contribution < -0.4 is 0 Å². The number of piperidine rings is 1. The van der Waals surface area contributed by atoms with Crippen molar-refractivity contribution in [1.82, 2.24) is 19.9 Å². The molecule has 1 saturated heterocycles. The van der Waals surface area contributed by atoms with Crippen molar-refractivity contribution in [2.75, 3.05) is 6.54 Å². The molecule has 3 amide bonds. The number of imide groups is 1. The Morgan fingerprint density at radius 2 is 1.62 bits per heavy atom. The Hall–Kier alpha value is -4.59. The molecule has 3 heterocycles. The number of likely N-dealkylation sites (tertiary alicyclic amines) is 1. The zero-order valence-corrected chi connectivity index (χ0v) is 20.0. The first-order chi connectivity index (χ1) is 18.1. The lowest BCUT2D eigenvalue weighted by Gasteiger charge is -2.33. The van der Waals surface area contributed by atoms with E-state index in [0.717, 1.165) is 24.8 Å². The molecular weight excluding hydrogens is 468 g/mol. The van der Waals surface area contributed by atoms with Crippen LogP contribution in [0.25, 0.3) is 11.4 Å². The van der Waals surface area contributed by atoms with Gasteiger partial charge in [0.05, 0.1) is 17.7 Å². The molecule has 8 heteroatoms. The summed E-state index contributed by atoms with van der Waals surface area (Å²) in [5.74, 6) is 0.136. The number of amides is 3. The maximum absolute atomic E-state index is 13.6. The Bertz CT molecular complexity index is 1460. The van der Waals surface area contributed by atoms with Crippen molar-refractivity contribution in [3.05, 3.63) is 107 Å². The van der Waals surface area contributed by atoms with Crippen molar-refractivity contribution in [2.45, 2.75) is 31.8 Å². The van der Waals surface area contributed by atoms with Crippen LogP contribution in [-0.2, 0) is 6.54 Å². The van der Waals surface area contributed by atoms with Crippen molar-refractivity contribution in [1.29, 1.82) is 0 Å². The number of aromatic nitrogens is 2. The van der Waals surface area contributed by atoms with Gasteiger partial charge in [-0.2, -0.15) is 4.98 Å². The highest BCUT2D eigenvalue weighted by Gasteiger charge is 2.36. The van der Waals surface area contributed by atoms with Gasteiger partial charge in [-0.25, -0.2) is 0 Å². The van der Waals surface area contributed by atoms with E-state index < -0.39 is 0 Å². The molecule has 1 unspecified atom stereocenters. The van der Waals surface area contributed by atoms with E-state index >= 15 is 0 Å². The van der Waals surface area contributed by atoms with Gasteiger partial charge < -0.3 is 9.42 Å². The molecule has 4 aromatic rings. The van der Waals surface area contributed by atoms with E-state index in [1.807, 2.05) is 36.4 Å². The Balaban J connectivity index is 1.22. The van der Waals surface area contributed by atoms with E-state index in [-0.39, 0.29) is 30.3 Å². The van der Waals surface area contributed by atoms with Gasteiger partial charge in [0, 0.05) is 17.7 Å². The van der Waals surface area contributed by atoms with E-state index in [1.54, 1.807) is 47.4 Å². The van der Waals surface area contributed by atoms with Gasteiger partial charge in [-0.3, -0.25) is 19.3 Å². The van der Waals surface area contributed by atoms with Crippen molar-refractivity contribution in [2.24, 2.45) is 0 Å². The van der Waals surface area contributed by atoms with Crippen LogP contribution in [0.1, 0.15) is 67.8 Å². The van der Waals surface area contributed by atoms with E-state index in [2.05, 4.69) is 10.1 Å². The second kappa shape index (κ2) is 9.46. The van der Waals surface area contributed by atoms with Gasteiger partial charge in [0.15, 0.2) is 0 Å². The number of carbonyl (C=O) groups excluding carboxylic acids is 3. The minimum absolute atomic E-state index is 0.0982. The first kappa shape index (κ1) is 22.8. The summed E-state index contributed by atoms with van der Waals surface area (Å²) in [6.07, 6.45) is 2.57. The van der Waals surface area contributed by atoms with Crippen LogP contribution >= 0.6 is 0 Å². The van der Waals surface area contributed by atoms with E-state index in [9.17, 15) is 14.4 Å². The fourth-order valence-corrected chi connectivity index (χ4v) is 5.04. The summed E-state index contributed by atoms with van der Waals surface area (Å²) >= 11 is 0. The fourth-order valence-electron chi connectivity index (χ4n) is 5.04. The zero-order valence-electron chi connectivity index (χ0n) is 20.0. The van der Waals surface area contributed by atoms with Crippen LogP contribution in [0.2, 0.25) is 0 Å². The average molecular weight is 493 g/mol. The molecule has 0 bridgehead atoms. The topological polar surface area (TPSA) is 96.6 Å². The van der Waals surface area contributed by atoms with Crippen LogP contribution in [0, 0.1) is 0 Å². The third-order valence-electron chi connectivity index (χ3n) is 6.92. The van der Waals surface area contributed by atoms with Gasteiger partial charge in [0.25, 0.3) is 17.7 Å². The standard InChI is InChI=1S/C29H24N4O4/c34-27(32-16-7-6-15-24(32)26-30-25(31-37-26)20-10-2-1-3-11-20)21-12-8-9-19(17-21)18-33-28(35)22-13-4-5-14-23(22)29(33)36/h1-5,8-14,17,24H,6-7,15-16,18H2. The van der Waals surface area contributed by atoms with Crippen molar-refractivity contribution >= 4 is 17.7 Å². The first-order valence-corrected chi connectivity index (χ1v) is 12.3. The molecule has 0 spiro atoms. The summed E-state index contributed by atoms with van der Waals surface area (Å²) in [4.78, 5) is 46.8. The summed E-state index contributed by atoms with van der Waals surface area (Å²) in [6, 6.07) is 23.2. The smallest absolute Gasteiger partial charge is 0.261 e. The van der Waals surface area contributed by atoms with Gasteiger partial charge in [-0.05, 0) is 49.1 Å². The third-order valence-corrected chi connectivity index (χ3v) is 6.92. The molecule has 2 aliphatic heterocycles. The fraction of sp³-hybridized carbons (Fsp3) is 0.207. The Kier molecular flexibility index (Phi) is 5.84. The molecule has 37 heavy (non-hydrogen) atoms. The number of hydrogen-bond donors (Lipinski definition) is 0. The highest BCUT2D eigenvalue weighted by molar-refractivity contribution is 6.21. The van der Waals surface area contributed by atoms with Gasteiger partial charge in [-0.1, -0.05) is 59.8 Å². The Labute approximate surface area is 213 Å². The quantitative estimate of drug-likeness (QED) is 0.368. The maximum atomic E-state index is 13.6. The van der Waals surface area contributed by atoms with E-state index in [4.69, 9.17) is 4.52 Å². The summed E-state index contributed by atoms with van der Waals surface area (Å²) in [7, 11) is 0. The molecule has 6 rings (SSSR count). The molecule has 2 aliphatic rings. The monoisotopic (exact) mass is 492 g/mol. The zero-order chi connectivity index (χ0) is 25.4. The minimum Gasteiger partial charge on any atom is -0.337 e. The molecule has 1 aromatic heterocycles.